The Bertz CT molecular complexity index is 185. The normalized spacial score (nSPS) is 19.5. The first kappa shape index (κ1) is 9.26. The van der Waals surface area contributed by atoms with E-state index < -0.39 is 0 Å². The van der Waals surface area contributed by atoms with Crippen molar-refractivity contribution < 1.29 is 4.79 Å². The molecular weight excluding hydrogens is 152 g/mol. The summed E-state index contributed by atoms with van der Waals surface area (Å²) in [5, 5.41) is 2.75. The molecule has 3 nitrogen and oxygen atoms in total. The van der Waals surface area contributed by atoms with Crippen LogP contribution in [0.4, 0.5) is 0 Å². The highest BCUT2D eigenvalue weighted by atomic mass is 16.1. The molecular formula is C9H16N2O. The molecule has 1 rings (SSSR count). The Morgan fingerprint density at radius 3 is 2.92 bits per heavy atom. The van der Waals surface area contributed by atoms with Gasteiger partial charge in [0.2, 0.25) is 5.91 Å². The van der Waals surface area contributed by atoms with Crippen LogP contribution in [0.25, 0.3) is 0 Å². The number of carbonyl (C=O) groups is 1. The van der Waals surface area contributed by atoms with Crippen LogP contribution in [0.2, 0.25) is 0 Å². The fraction of sp³-hybridized carbons (Fsp3) is 0.667. The van der Waals surface area contributed by atoms with E-state index in [2.05, 4.69) is 5.32 Å². The number of nitrogens with two attached hydrogens (primary N) is 1. The topological polar surface area (TPSA) is 55.1 Å². The standard InChI is InChI=1S/C9H16N2O/c1-2-3-9(12)11-6-8(10)7-4-5-7/h2-3,7-8H,4-6,10H2,1H3,(H,11,12)/b3-2+. The molecule has 0 aromatic rings. The summed E-state index contributed by atoms with van der Waals surface area (Å²) in [6.07, 6.45) is 5.68. The first-order valence-corrected chi connectivity index (χ1v) is 4.40. The molecule has 0 heterocycles. The number of carbonyl (C=O) groups excluding carboxylic acids is 1. The predicted octanol–water partition coefficient (Wildman–Crippen LogP) is 0.416. The lowest BCUT2D eigenvalue weighted by atomic mass is 10.2. The Hall–Kier alpha value is -0.830. The van der Waals surface area contributed by atoms with Gasteiger partial charge in [-0.05, 0) is 31.8 Å². The Morgan fingerprint density at radius 1 is 1.75 bits per heavy atom. The minimum atomic E-state index is -0.0476. The molecule has 0 aromatic carbocycles. The van der Waals surface area contributed by atoms with Crippen LogP contribution in [0.15, 0.2) is 12.2 Å². The molecule has 1 atom stereocenters. The Morgan fingerprint density at radius 2 is 2.42 bits per heavy atom. The van der Waals surface area contributed by atoms with Crippen molar-refractivity contribution in [2.75, 3.05) is 6.54 Å². The van der Waals surface area contributed by atoms with Crippen LogP contribution in [0.1, 0.15) is 19.8 Å². The van der Waals surface area contributed by atoms with Crippen LogP contribution in [0, 0.1) is 5.92 Å². The van der Waals surface area contributed by atoms with E-state index in [0.29, 0.717) is 12.5 Å². The van der Waals surface area contributed by atoms with Crippen LogP contribution >= 0.6 is 0 Å². The van der Waals surface area contributed by atoms with Crippen LogP contribution in [-0.2, 0) is 4.79 Å². The van der Waals surface area contributed by atoms with Crippen molar-refractivity contribution in [3.8, 4) is 0 Å². The first-order valence-electron chi connectivity index (χ1n) is 4.40. The highest BCUT2D eigenvalue weighted by Gasteiger charge is 2.28. The van der Waals surface area contributed by atoms with E-state index in [0.717, 1.165) is 0 Å². The lowest BCUT2D eigenvalue weighted by Crippen LogP contribution is -2.37. The molecule has 1 saturated carbocycles. The zero-order chi connectivity index (χ0) is 8.97. The van der Waals surface area contributed by atoms with Gasteiger partial charge in [-0.15, -0.1) is 0 Å². The molecule has 1 aliphatic rings. The van der Waals surface area contributed by atoms with Crippen molar-refractivity contribution in [2.24, 2.45) is 11.7 Å². The van der Waals surface area contributed by atoms with Gasteiger partial charge in [-0.1, -0.05) is 6.08 Å². The number of hydrogen-bond acceptors (Lipinski definition) is 2. The van der Waals surface area contributed by atoms with E-state index in [1.165, 1.54) is 18.9 Å². The summed E-state index contributed by atoms with van der Waals surface area (Å²) >= 11 is 0. The van der Waals surface area contributed by atoms with Gasteiger partial charge >= 0.3 is 0 Å². The van der Waals surface area contributed by atoms with Crippen LogP contribution in [-0.4, -0.2) is 18.5 Å². The van der Waals surface area contributed by atoms with Crippen molar-refractivity contribution in [1.29, 1.82) is 0 Å². The fourth-order valence-corrected chi connectivity index (χ4v) is 1.12. The molecule has 0 bridgehead atoms. The molecule has 68 valence electrons. The quantitative estimate of drug-likeness (QED) is 0.598. The summed E-state index contributed by atoms with van der Waals surface area (Å²) < 4.78 is 0. The maximum Gasteiger partial charge on any atom is 0.243 e. The minimum Gasteiger partial charge on any atom is -0.351 e. The molecule has 0 aliphatic heterocycles. The predicted molar refractivity (Wildman–Crippen MR) is 48.5 cm³/mol. The van der Waals surface area contributed by atoms with E-state index >= 15 is 0 Å². The smallest absolute Gasteiger partial charge is 0.243 e. The summed E-state index contributed by atoms with van der Waals surface area (Å²) in [5.74, 6) is 0.601. The van der Waals surface area contributed by atoms with E-state index in [9.17, 15) is 4.79 Å². The molecule has 12 heavy (non-hydrogen) atoms. The maximum absolute atomic E-state index is 10.9. The van der Waals surface area contributed by atoms with E-state index in [4.69, 9.17) is 5.73 Å². The minimum absolute atomic E-state index is 0.0476. The lowest BCUT2D eigenvalue weighted by Gasteiger charge is -2.09. The molecule has 1 aliphatic carbocycles. The third-order valence-corrected chi connectivity index (χ3v) is 2.06. The third kappa shape index (κ3) is 3.05. The summed E-state index contributed by atoms with van der Waals surface area (Å²) in [4.78, 5) is 10.9. The van der Waals surface area contributed by atoms with Gasteiger partial charge in [0.1, 0.15) is 0 Å². The van der Waals surface area contributed by atoms with Gasteiger partial charge < -0.3 is 11.1 Å². The summed E-state index contributed by atoms with van der Waals surface area (Å²) in [7, 11) is 0. The lowest BCUT2D eigenvalue weighted by molar-refractivity contribution is -0.116. The monoisotopic (exact) mass is 168 g/mol. The molecule has 3 N–H and O–H groups in total. The van der Waals surface area contributed by atoms with Gasteiger partial charge in [0, 0.05) is 12.6 Å². The van der Waals surface area contributed by atoms with Gasteiger partial charge in [0.15, 0.2) is 0 Å². The van der Waals surface area contributed by atoms with Crippen LogP contribution < -0.4 is 11.1 Å². The second kappa shape index (κ2) is 4.26. The van der Waals surface area contributed by atoms with Gasteiger partial charge in [0.25, 0.3) is 0 Å². The zero-order valence-electron chi connectivity index (χ0n) is 7.42. The zero-order valence-corrected chi connectivity index (χ0v) is 7.42. The van der Waals surface area contributed by atoms with Crippen molar-refractivity contribution in [3.63, 3.8) is 0 Å². The molecule has 0 radical (unpaired) electrons. The second-order valence-electron chi connectivity index (χ2n) is 3.25. The van der Waals surface area contributed by atoms with Gasteiger partial charge in [-0.3, -0.25) is 4.79 Å². The second-order valence-corrected chi connectivity index (χ2v) is 3.25. The average molecular weight is 168 g/mol. The molecule has 0 aromatic heterocycles. The Kier molecular flexibility index (Phi) is 3.29. The summed E-state index contributed by atoms with van der Waals surface area (Å²) in [6.45, 7) is 2.42. The summed E-state index contributed by atoms with van der Waals surface area (Å²) in [5.41, 5.74) is 5.78. The Balaban J connectivity index is 2.11. The first-order chi connectivity index (χ1) is 5.74. The number of hydrogen-bond donors (Lipinski definition) is 2. The summed E-state index contributed by atoms with van der Waals surface area (Å²) in [6, 6.07) is 0.152. The molecule has 1 unspecified atom stereocenters. The van der Waals surface area contributed by atoms with E-state index in [1.54, 1.807) is 6.08 Å². The fourth-order valence-electron chi connectivity index (χ4n) is 1.12. The SMILES string of the molecule is C/C=C/C(=O)NCC(N)C1CC1. The average Bonchev–Trinajstić information content (AvgIpc) is 2.83. The molecule has 1 amide bonds. The highest BCUT2D eigenvalue weighted by Crippen LogP contribution is 2.31. The largest absolute Gasteiger partial charge is 0.351 e. The highest BCUT2D eigenvalue weighted by molar-refractivity contribution is 5.87. The van der Waals surface area contributed by atoms with Crippen molar-refractivity contribution in [3.05, 3.63) is 12.2 Å². The van der Waals surface area contributed by atoms with Crippen LogP contribution in [0.5, 0.6) is 0 Å². The number of rotatable bonds is 4. The Labute approximate surface area is 73.0 Å². The van der Waals surface area contributed by atoms with Gasteiger partial charge in [0.05, 0.1) is 0 Å². The molecule has 3 heteroatoms. The number of allylic oxidation sites excluding steroid dienone is 1. The van der Waals surface area contributed by atoms with Crippen molar-refractivity contribution >= 4 is 5.91 Å². The maximum atomic E-state index is 10.9. The van der Waals surface area contributed by atoms with Crippen LogP contribution in [0.3, 0.4) is 0 Å². The molecule has 0 spiro atoms. The van der Waals surface area contributed by atoms with Crippen molar-refractivity contribution in [1.82, 2.24) is 5.32 Å². The van der Waals surface area contributed by atoms with E-state index in [-0.39, 0.29) is 11.9 Å². The van der Waals surface area contributed by atoms with Gasteiger partial charge in [-0.2, -0.15) is 0 Å². The molecule has 0 saturated heterocycles. The van der Waals surface area contributed by atoms with Crippen molar-refractivity contribution in [2.45, 2.75) is 25.8 Å². The third-order valence-electron chi connectivity index (χ3n) is 2.06. The number of nitrogens with one attached hydrogen (secondary N) is 1. The molecule has 1 fully saturated rings. The van der Waals surface area contributed by atoms with Gasteiger partial charge in [-0.25, -0.2) is 0 Å². The number of amides is 1. The van der Waals surface area contributed by atoms with E-state index in [1.807, 2.05) is 6.92 Å².